The van der Waals surface area contributed by atoms with Crippen LogP contribution in [0.15, 0.2) is 41.3 Å². The van der Waals surface area contributed by atoms with Crippen LogP contribution in [0.5, 0.6) is 11.5 Å². The zero-order valence-corrected chi connectivity index (χ0v) is 14.8. The average molecular weight is 384 g/mol. The molecule has 26 heavy (non-hydrogen) atoms. The van der Waals surface area contributed by atoms with Gasteiger partial charge in [0.05, 0.1) is 12.0 Å². The molecule has 0 bridgehead atoms. The second-order valence-corrected chi connectivity index (χ2v) is 7.43. The Morgan fingerprint density at radius 3 is 2.62 bits per heavy atom. The molecule has 0 aliphatic carbocycles. The second kappa shape index (κ2) is 7.08. The van der Waals surface area contributed by atoms with Gasteiger partial charge in [-0.1, -0.05) is 6.07 Å². The van der Waals surface area contributed by atoms with Crippen LogP contribution in [0, 0.1) is 0 Å². The maximum Gasteiger partial charge on any atom is 0.387 e. The Morgan fingerprint density at radius 2 is 1.96 bits per heavy atom. The summed E-state index contributed by atoms with van der Waals surface area (Å²) >= 11 is 0. The number of ether oxygens (including phenoxy) is 2. The SMILES string of the molecule is COc1cc(CN2CCc3cc(S(N)(=O)=O)ccc32)ccc1OC(F)F. The molecule has 3 rings (SSSR count). The van der Waals surface area contributed by atoms with Gasteiger partial charge in [0, 0.05) is 18.8 Å². The molecule has 9 heteroatoms. The minimum absolute atomic E-state index is 0.0223. The van der Waals surface area contributed by atoms with Crippen molar-refractivity contribution in [3.05, 3.63) is 47.5 Å². The lowest BCUT2D eigenvalue weighted by Gasteiger charge is -2.20. The van der Waals surface area contributed by atoms with E-state index in [1.165, 1.54) is 19.2 Å². The van der Waals surface area contributed by atoms with Crippen LogP contribution in [0.1, 0.15) is 11.1 Å². The molecular weight excluding hydrogens is 366 g/mol. The molecule has 0 saturated heterocycles. The normalized spacial score (nSPS) is 13.8. The zero-order chi connectivity index (χ0) is 18.9. The van der Waals surface area contributed by atoms with Gasteiger partial charge < -0.3 is 14.4 Å². The zero-order valence-electron chi connectivity index (χ0n) is 14.0. The number of rotatable bonds is 6. The maximum atomic E-state index is 12.4. The number of anilines is 1. The van der Waals surface area contributed by atoms with E-state index in [1.807, 2.05) is 0 Å². The van der Waals surface area contributed by atoms with Gasteiger partial charge in [0.15, 0.2) is 11.5 Å². The first-order valence-electron chi connectivity index (χ1n) is 7.80. The van der Waals surface area contributed by atoms with E-state index in [9.17, 15) is 17.2 Å². The van der Waals surface area contributed by atoms with Crippen LogP contribution in [0.4, 0.5) is 14.5 Å². The summed E-state index contributed by atoms with van der Waals surface area (Å²) in [6.45, 7) is -1.69. The summed E-state index contributed by atoms with van der Waals surface area (Å²) < 4.78 is 57.3. The Morgan fingerprint density at radius 1 is 1.19 bits per heavy atom. The Hall–Kier alpha value is -2.39. The first kappa shape index (κ1) is 18.4. The van der Waals surface area contributed by atoms with Gasteiger partial charge in [0.2, 0.25) is 10.0 Å². The minimum Gasteiger partial charge on any atom is -0.493 e. The molecule has 1 heterocycles. The van der Waals surface area contributed by atoms with Crippen LogP contribution in [0.25, 0.3) is 0 Å². The van der Waals surface area contributed by atoms with Gasteiger partial charge in [-0.05, 0) is 47.9 Å². The van der Waals surface area contributed by atoms with Crippen molar-refractivity contribution in [1.82, 2.24) is 0 Å². The van der Waals surface area contributed by atoms with Crippen LogP contribution < -0.4 is 19.5 Å². The highest BCUT2D eigenvalue weighted by molar-refractivity contribution is 7.89. The lowest BCUT2D eigenvalue weighted by atomic mass is 10.1. The summed E-state index contributed by atoms with van der Waals surface area (Å²) in [7, 11) is -2.35. The van der Waals surface area contributed by atoms with Crippen LogP contribution in [0.3, 0.4) is 0 Å². The van der Waals surface area contributed by atoms with Crippen LogP contribution in [-0.4, -0.2) is 28.7 Å². The fraction of sp³-hybridized carbons (Fsp3) is 0.294. The molecule has 0 spiro atoms. The highest BCUT2D eigenvalue weighted by Crippen LogP contribution is 2.33. The number of sulfonamides is 1. The van der Waals surface area contributed by atoms with E-state index in [0.29, 0.717) is 19.5 Å². The predicted octanol–water partition coefficient (Wildman–Crippen LogP) is 2.51. The first-order valence-corrected chi connectivity index (χ1v) is 9.35. The van der Waals surface area contributed by atoms with Crippen LogP contribution >= 0.6 is 0 Å². The van der Waals surface area contributed by atoms with Crippen LogP contribution in [-0.2, 0) is 23.0 Å². The molecule has 1 aliphatic heterocycles. The lowest BCUT2D eigenvalue weighted by molar-refractivity contribution is -0.0512. The summed E-state index contributed by atoms with van der Waals surface area (Å²) in [4.78, 5) is 2.17. The summed E-state index contributed by atoms with van der Waals surface area (Å²) in [6.07, 6.45) is 0.697. The third-order valence-corrected chi connectivity index (χ3v) is 5.10. The molecule has 2 aromatic carbocycles. The number of methoxy groups -OCH3 is 1. The Bertz CT molecular complexity index is 919. The van der Waals surface area contributed by atoms with E-state index in [1.54, 1.807) is 24.3 Å². The minimum atomic E-state index is -3.73. The lowest BCUT2D eigenvalue weighted by Crippen LogP contribution is -2.19. The quantitative estimate of drug-likeness (QED) is 0.828. The molecule has 6 nitrogen and oxygen atoms in total. The predicted molar refractivity (Wildman–Crippen MR) is 92.2 cm³/mol. The average Bonchev–Trinajstić information content (AvgIpc) is 2.97. The van der Waals surface area contributed by atoms with Gasteiger partial charge in [-0.2, -0.15) is 8.78 Å². The van der Waals surface area contributed by atoms with Gasteiger partial charge >= 0.3 is 6.61 Å². The van der Waals surface area contributed by atoms with E-state index in [-0.39, 0.29) is 16.4 Å². The van der Waals surface area contributed by atoms with Crippen molar-refractivity contribution < 1.29 is 26.7 Å². The summed E-state index contributed by atoms with van der Waals surface area (Å²) in [6, 6.07) is 9.58. The molecule has 0 saturated carbocycles. The molecule has 0 fully saturated rings. The summed E-state index contributed by atoms with van der Waals surface area (Å²) in [5.74, 6) is 0.206. The third kappa shape index (κ3) is 3.88. The van der Waals surface area contributed by atoms with E-state index in [2.05, 4.69) is 9.64 Å². The number of nitrogens with two attached hydrogens (primary N) is 1. The highest BCUT2D eigenvalue weighted by atomic mass is 32.2. The molecule has 0 radical (unpaired) electrons. The second-order valence-electron chi connectivity index (χ2n) is 5.87. The van der Waals surface area contributed by atoms with E-state index in [0.717, 1.165) is 16.8 Å². The Labute approximate surface area is 150 Å². The number of fused-ring (bicyclic) bond motifs is 1. The van der Waals surface area contributed by atoms with Gasteiger partial charge in [0.25, 0.3) is 0 Å². The number of hydrogen-bond acceptors (Lipinski definition) is 5. The summed E-state index contributed by atoms with van der Waals surface area (Å²) in [5.41, 5.74) is 2.68. The molecule has 2 N–H and O–H groups in total. The molecule has 1 aliphatic rings. The van der Waals surface area contributed by atoms with Gasteiger partial charge in [0.1, 0.15) is 0 Å². The molecule has 0 aromatic heterocycles. The Balaban J connectivity index is 1.81. The van der Waals surface area contributed by atoms with E-state index >= 15 is 0 Å². The number of alkyl halides is 2. The first-order chi connectivity index (χ1) is 12.3. The van der Waals surface area contributed by atoms with Crippen molar-refractivity contribution in [2.45, 2.75) is 24.5 Å². The van der Waals surface area contributed by atoms with Crippen molar-refractivity contribution in [3.8, 4) is 11.5 Å². The highest BCUT2D eigenvalue weighted by Gasteiger charge is 2.22. The molecular formula is C17H18F2N2O4S. The number of benzene rings is 2. The standard InChI is InChI=1S/C17H18F2N2O4S/c1-24-16-8-11(2-5-15(16)25-17(18)19)10-21-7-6-12-9-13(26(20,22)23)3-4-14(12)21/h2-5,8-9,17H,6-7,10H2,1H3,(H2,20,22,23). The van der Waals surface area contributed by atoms with Crippen molar-refractivity contribution in [3.63, 3.8) is 0 Å². The van der Waals surface area contributed by atoms with E-state index < -0.39 is 16.6 Å². The van der Waals surface area contributed by atoms with Gasteiger partial charge in [-0.3, -0.25) is 0 Å². The fourth-order valence-corrected chi connectivity index (χ4v) is 3.58. The fourth-order valence-electron chi connectivity index (χ4n) is 3.01. The number of nitrogens with zero attached hydrogens (tertiary/aromatic N) is 1. The van der Waals surface area contributed by atoms with Gasteiger partial charge in [-0.25, -0.2) is 13.6 Å². The molecule has 0 amide bonds. The third-order valence-electron chi connectivity index (χ3n) is 4.19. The number of halogens is 2. The molecule has 140 valence electrons. The molecule has 0 atom stereocenters. The van der Waals surface area contributed by atoms with Crippen LogP contribution in [0.2, 0.25) is 0 Å². The number of hydrogen-bond donors (Lipinski definition) is 1. The van der Waals surface area contributed by atoms with Crippen molar-refractivity contribution in [1.29, 1.82) is 0 Å². The number of primary sulfonamides is 1. The molecule has 0 unspecified atom stereocenters. The smallest absolute Gasteiger partial charge is 0.387 e. The molecule has 2 aromatic rings. The monoisotopic (exact) mass is 384 g/mol. The van der Waals surface area contributed by atoms with Crippen molar-refractivity contribution in [2.75, 3.05) is 18.6 Å². The largest absolute Gasteiger partial charge is 0.493 e. The van der Waals surface area contributed by atoms with Gasteiger partial charge in [-0.15, -0.1) is 0 Å². The summed E-state index contributed by atoms with van der Waals surface area (Å²) in [5, 5.41) is 5.17. The Kier molecular flexibility index (Phi) is 5.01. The van der Waals surface area contributed by atoms with Crippen molar-refractivity contribution >= 4 is 15.7 Å². The topological polar surface area (TPSA) is 81.9 Å². The maximum absolute atomic E-state index is 12.4. The van der Waals surface area contributed by atoms with Crippen molar-refractivity contribution in [2.24, 2.45) is 5.14 Å². The van der Waals surface area contributed by atoms with E-state index in [4.69, 9.17) is 9.88 Å².